The minimum atomic E-state index is -1.90. The highest BCUT2D eigenvalue weighted by Gasteiger charge is 2.37. The molecule has 76 heavy (non-hydrogen) atoms. The van der Waals surface area contributed by atoms with Crippen LogP contribution in [0.2, 0.25) is 0 Å². The molecule has 3 rings (SSSR count). The van der Waals surface area contributed by atoms with Gasteiger partial charge in [-0.25, -0.2) is 4.79 Å². The SMILES string of the molecule is CSCC[C@H](NC(=O)[C@H](Cc1ccc(O)cc1)NC(=O)[C@H](CO)NC(=O)[C@@H](NC(=O)[C@H](Cc1ccccc1)NC(=O)[C@@H](NC(=O)[C@H](Cc1ccc(O)cc1)NC(=O)CN)[C@@H](C)O)[C@@H](C)O)C(=O)N[C@@H](CC(N)=O)C(=O)O. The highest BCUT2D eigenvalue weighted by Crippen LogP contribution is 2.15. The zero-order chi connectivity index (χ0) is 56.6. The second-order valence-electron chi connectivity index (χ2n) is 17.5. The van der Waals surface area contributed by atoms with E-state index in [1.54, 1.807) is 36.6 Å². The maximum Gasteiger partial charge on any atom is 0.326 e. The van der Waals surface area contributed by atoms with Gasteiger partial charge >= 0.3 is 5.97 Å². The highest BCUT2D eigenvalue weighted by atomic mass is 32.2. The molecule has 0 spiro atoms. The molecule has 0 heterocycles. The molecule has 0 aliphatic rings. The van der Waals surface area contributed by atoms with Gasteiger partial charge in [0, 0.05) is 19.3 Å². The summed E-state index contributed by atoms with van der Waals surface area (Å²) in [6, 6.07) is 6.00. The van der Waals surface area contributed by atoms with Crippen LogP contribution >= 0.6 is 11.8 Å². The van der Waals surface area contributed by atoms with Crippen LogP contribution in [0.5, 0.6) is 11.5 Å². The maximum absolute atomic E-state index is 14.1. The first-order valence-corrected chi connectivity index (χ1v) is 25.0. The van der Waals surface area contributed by atoms with Gasteiger partial charge in [0.2, 0.25) is 53.2 Å². The van der Waals surface area contributed by atoms with Crippen molar-refractivity contribution >= 4 is 70.9 Å². The van der Waals surface area contributed by atoms with E-state index >= 15 is 0 Å². The molecule has 3 aromatic rings. The van der Waals surface area contributed by atoms with Crippen molar-refractivity contribution < 1.29 is 78.6 Å². The molecule has 0 fully saturated rings. The minimum Gasteiger partial charge on any atom is -0.508 e. The Kier molecular flexibility index (Phi) is 25.6. The Morgan fingerprint density at radius 2 is 0.882 bits per heavy atom. The first-order chi connectivity index (χ1) is 36.0. The molecule has 3 aromatic carbocycles. The summed E-state index contributed by atoms with van der Waals surface area (Å²) < 4.78 is 0. The average Bonchev–Trinajstić information content (AvgIpc) is 3.37. The number of phenols is 2. The first-order valence-electron chi connectivity index (χ1n) is 23.6. The summed E-state index contributed by atoms with van der Waals surface area (Å²) in [4.78, 5) is 132. The van der Waals surface area contributed by atoms with Gasteiger partial charge in [0.05, 0.1) is 31.8 Å². The van der Waals surface area contributed by atoms with Crippen molar-refractivity contribution in [3.8, 4) is 11.5 Å². The number of carbonyl (C=O) groups excluding carboxylic acids is 9. The van der Waals surface area contributed by atoms with Crippen LogP contribution in [0, 0.1) is 0 Å². The van der Waals surface area contributed by atoms with Gasteiger partial charge in [-0.3, -0.25) is 43.2 Å². The third kappa shape index (κ3) is 20.8. The summed E-state index contributed by atoms with van der Waals surface area (Å²) in [7, 11) is 0. The molecule has 0 unspecified atom stereocenters. The van der Waals surface area contributed by atoms with Crippen LogP contribution in [0.15, 0.2) is 78.9 Å². The highest BCUT2D eigenvalue weighted by molar-refractivity contribution is 7.98. The van der Waals surface area contributed by atoms with Crippen molar-refractivity contribution in [2.45, 2.75) is 106 Å². The lowest BCUT2D eigenvalue weighted by atomic mass is 10.0. The van der Waals surface area contributed by atoms with Gasteiger partial charge in [0.25, 0.3) is 0 Å². The number of hydrogen-bond acceptors (Lipinski definition) is 17. The monoisotopic (exact) mass is 1080 g/mol. The number of carbonyl (C=O) groups is 10. The number of aliphatic hydroxyl groups excluding tert-OH is 3. The summed E-state index contributed by atoms with van der Waals surface area (Å²) in [5.41, 5.74) is 11.9. The molecular formula is C49H66N10O16S. The molecule has 0 aliphatic heterocycles. The van der Waals surface area contributed by atoms with Crippen LogP contribution in [0.4, 0.5) is 0 Å². The van der Waals surface area contributed by atoms with Crippen LogP contribution in [-0.2, 0) is 67.2 Å². The third-order valence-electron chi connectivity index (χ3n) is 11.3. The number of amides is 9. The predicted molar refractivity (Wildman–Crippen MR) is 273 cm³/mol. The first kappa shape index (κ1) is 62.4. The molecular weight excluding hydrogens is 1020 g/mol. The smallest absolute Gasteiger partial charge is 0.326 e. The number of phenolic OH excluding ortho intramolecular Hbond substituents is 2. The molecule has 0 saturated heterocycles. The van der Waals surface area contributed by atoms with Crippen molar-refractivity contribution in [1.82, 2.24) is 42.5 Å². The fourth-order valence-electron chi connectivity index (χ4n) is 7.22. The van der Waals surface area contributed by atoms with Gasteiger partial charge in [-0.1, -0.05) is 54.6 Å². The lowest BCUT2D eigenvalue weighted by Gasteiger charge is -2.29. The molecule has 9 amide bonds. The normalized spacial score (nSPS) is 14.9. The van der Waals surface area contributed by atoms with E-state index in [0.29, 0.717) is 16.7 Å². The number of nitrogens with two attached hydrogens (primary N) is 2. The Morgan fingerprint density at radius 1 is 0.513 bits per heavy atom. The molecule has 27 heteroatoms. The van der Waals surface area contributed by atoms with Gasteiger partial charge in [-0.15, -0.1) is 0 Å². The molecule has 0 radical (unpaired) electrons. The van der Waals surface area contributed by atoms with Crippen LogP contribution in [0.3, 0.4) is 0 Å². The summed E-state index contributed by atoms with van der Waals surface area (Å²) in [5, 5.41) is 79.9. The van der Waals surface area contributed by atoms with E-state index in [-0.39, 0.29) is 42.9 Å². The minimum absolute atomic E-state index is 0.0587. The molecule has 0 saturated carbocycles. The molecule has 0 bridgehead atoms. The number of thioether (sulfide) groups is 1. The van der Waals surface area contributed by atoms with Gasteiger partial charge in [-0.2, -0.15) is 11.8 Å². The lowest BCUT2D eigenvalue weighted by molar-refractivity contribution is -0.143. The number of benzene rings is 3. The number of hydrogen-bond donors (Lipinski definition) is 16. The molecule has 0 aromatic heterocycles. The van der Waals surface area contributed by atoms with E-state index in [4.69, 9.17) is 11.5 Å². The zero-order valence-electron chi connectivity index (χ0n) is 41.8. The summed E-state index contributed by atoms with van der Waals surface area (Å²) in [6.45, 7) is 0.659. The number of rotatable bonds is 31. The molecule has 26 nitrogen and oxygen atoms in total. The average molecular weight is 1080 g/mol. The van der Waals surface area contributed by atoms with Crippen molar-refractivity contribution in [2.24, 2.45) is 11.5 Å². The summed E-state index contributed by atoms with van der Waals surface area (Å²) in [5.74, 6) is -10.8. The van der Waals surface area contributed by atoms with Crippen LogP contribution in [-0.4, -0.2) is 175 Å². The van der Waals surface area contributed by atoms with E-state index in [9.17, 15) is 78.6 Å². The summed E-state index contributed by atoms with van der Waals surface area (Å²) >= 11 is 1.28. The second kappa shape index (κ2) is 31.1. The zero-order valence-corrected chi connectivity index (χ0v) is 42.6. The van der Waals surface area contributed by atoms with E-state index in [1.807, 2.05) is 0 Å². The van der Waals surface area contributed by atoms with Gasteiger partial charge in [-0.05, 0) is 73.2 Å². The second-order valence-corrected chi connectivity index (χ2v) is 18.5. The summed E-state index contributed by atoms with van der Waals surface area (Å²) in [6.07, 6.45) is -3.17. The Morgan fingerprint density at radius 3 is 1.29 bits per heavy atom. The quantitative estimate of drug-likeness (QED) is 0.0288. The van der Waals surface area contributed by atoms with Crippen molar-refractivity contribution in [1.29, 1.82) is 0 Å². The number of aliphatic carboxylic acids is 1. The Balaban J connectivity index is 1.88. The van der Waals surface area contributed by atoms with Crippen molar-refractivity contribution in [3.05, 3.63) is 95.6 Å². The van der Waals surface area contributed by atoms with Gasteiger partial charge in [0.15, 0.2) is 0 Å². The third-order valence-corrected chi connectivity index (χ3v) is 12.0. The van der Waals surface area contributed by atoms with Crippen LogP contribution < -0.4 is 54.0 Å². The number of carboxylic acid groups (broad SMARTS) is 1. The lowest BCUT2D eigenvalue weighted by Crippen LogP contribution is -2.63. The standard InChI is InChI=1S/C49H66N10O16S/c1-25(61)40(58-44(69)33(52-39(66)23-50)20-28-9-13-30(63)14-10-28)47(72)55-35(19-27-7-5-4-6-8-27)45(70)59-41(26(2)62)48(73)57-37(24-60)46(71)54-34(21-29-11-15-31(64)16-12-29)43(68)53-32(17-18-76-3)42(67)56-36(49(74)75)22-38(51)65/h4-16,25-26,32-37,40-41,60-64H,17-24,50H2,1-3H3,(H2,51,65)(H,52,66)(H,53,68)(H,54,71)(H,55,72)(H,56,67)(H,57,73)(H,58,69)(H,59,70)(H,74,75)/t25-,26-,32+,33+,34+,35+,36+,37+,40+,41+/m1/s1. The van der Waals surface area contributed by atoms with Gasteiger partial charge < -0.3 is 84.6 Å². The van der Waals surface area contributed by atoms with E-state index in [1.165, 1.54) is 67.2 Å². The van der Waals surface area contributed by atoms with Crippen molar-refractivity contribution in [3.63, 3.8) is 0 Å². The Labute approximate surface area is 440 Å². The Bertz CT molecular complexity index is 2470. The predicted octanol–water partition coefficient (Wildman–Crippen LogP) is -4.57. The number of carboxylic acids is 1. The van der Waals surface area contributed by atoms with Gasteiger partial charge in [0.1, 0.15) is 59.8 Å². The largest absolute Gasteiger partial charge is 0.508 e. The van der Waals surface area contributed by atoms with E-state index in [0.717, 1.165) is 6.92 Å². The topological polar surface area (TPSA) is 440 Å². The van der Waals surface area contributed by atoms with E-state index < -0.39 is 139 Å². The fraction of sp³-hybridized carbons (Fsp3) is 0.429. The Hall–Kier alpha value is -7.85. The maximum atomic E-state index is 14.1. The molecule has 18 N–H and O–H groups in total. The van der Waals surface area contributed by atoms with Crippen molar-refractivity contribution in [2.75, 3.05) is 25.2 Å². The number of aromatic hydroxyl groups is 2. The fourth-order valence-corrected chi connectivity index (χ4v) is 7.70. The number of primary amides is 1. The number of aliphatic hydroxyl groups is 3. The number of nitrogens with one attached hydrogen (secondary N) is 8. The molecule has 414 valence electrons. The van der Waals surface area contributed by atoms with Crippen LogP contribution in [0.1, 0.15) is 43.4 Å². The van der Waals surface area contributed by atoms with E-state index in [2.05, 4.69) is 42.5 Å². The molecule has 0 aliphatic carbocycles. The molecule has 10 atom stereocenters. The van der Waals surface area contributed by atoms with Crippen LogP contribution in [0.25, 0.3) is 0 Å².